The molecule has 0 saturated heterocycles. The van der Waals surface area contributed by atoms with Crippen LogP contribution in [0.3, 0.4) is 0 Å². The molecule has 10 N–H and O–H groups in total. The molecule has 0 bridgehead atoms. The number of guanidine groups is 1. The number of amides is 3. The lowest BCUT2D eigenvalue weighted by Gasteiger charge is -2.28. The van der Waals surface area contributed by atoms with Crippen molar-refractivity contribution in [2.75, 3.05) is 6.54 Å². The summed E-state index contributed by atoms with van der Waals surface area (Å²) in [4.78, 5) is 53.6. The van der Waals surface area contributed by atoms with Gasteiger partial charge in [-0.05, 0) is 38.0 Å². The van der Waals surface area contributed by atoms with Gasteiger partial charge in [-0.25, -0.2) is 0 Å². The van der Waals surface area contributed by atoms with Gasteiger partial charge in [-0.2, -0.15) is 0 Å². The van der Waals surface area contributed by atoms with E-state index in [-0.39, 0.29) is 30.8 Å². The van der Waals surface area contributed by atoms with E-state index in [9.17, 15) is 24.3 Å². The Bertz CT molecular complexity index is 695. The molecule has 0 aliphatic carbocycles. The number of aldehydes is 1. The van der Waals surface area contributed by atoms with E-state index >= 15 is 0 Å². The molecule has 3 amide bonds. The predicted octanol–water partition coefficient (Wildman–Crippen LogP) is -1.51. The Hall–Kier alpha value is -2.73. The van der Waals surface area contributed by atoms with E-state index in [2.05, 4.69) is 20.9 Å². The smallest absolute Gasteiger partial charge is 0.243 e. The van der Waals surface area contributed by atoms with Gasteiger partial charge in [0.05, 0.1) is 12.1 Å². The van der Waals surface area contributed by atoms with Crippen molar-refractivity contribution in [3.63, 3.8) is 0 Å². The molecular formula is C22H43N7O5. The first kappa shape index (κ1) is 31.3. The van der Waals surface area contributed by atoms with Crippen LogP contribution in [0.1, 0.15) is 60.3 Å². The zero-order chi connectivity index (χ0) is 26.4. The Labute approximate surface area is 201 Å². The SMILES string of the molecule is CC[C@H](C)[C@H](NC(=O)[C@@H](CCCN=C(N)N)NC(=O)[C@@H](N)CC(C)C)C(=O)N[C@H](C=O)[C@H](C)O. The topological polar surface area (TPSA) is 215 Å². The normalized spacial score (nSPS) is 16.4. The van der Waals surface area contributed by atoms with E-state index in [0.29, 0.717) is 25.5 Å². The molecule has 34 heavy (non-hydrogen) atoms. The summed E-state index contributed by atoms with van der Waals surface area (Å²) in [7, 11) is 0. The molecule has 0 saturated carbocycles. The lowest BCUT2D eigenvalue weighted by molar-refractivity contribution is -0.134. The maximum atomic E-state index is 13.1. The molecule has 0 fully saturated rings. The molecule has 0 aromatic heterocycles. The number of aliphatic imine (C=N–C) groups is 1. The molecule has 0 aromatic rings. The summed E-state index contributed by atoms with van der Waals surface area (Å²) < 4.78 is 0. The van der Waals surface area contributed by atoms with Crippen LogP contribution in [0.5, 0.6) is 0 Å². The fourth-order valence-corrected chi connectivity index (χ4v) is 3.14. The Morgan fingerprint density at radius 2 is 1.62 bits per heavy atom. The van der Waals surface area contributed by atoms with E-state index < -0.39 is 48.0 Å². The molecule has 0 unspecified atom stereocenters. The van der Waals surface area contributed by atoms with Gasteiger partial charge in [-0.15, -0.1) is 0 Å². The number of hydrogen-bond donors (Lipinski definition) is 7. The Morgan fingerprint density at radius 1 is 1.00 bits per heavy atom. The number of nitrogens with zero attached hydrogens (tertiary/aromatic N) is 1. The number of rotatable bonds is 16. The van der Waals surface area contributed by atoms with Gasteiger partial charge in [0, 0.05) is 6.54 Å². The van der Waals surface area contributed by atoms with Gasteiger partial charge in [0.1, 0.15) is 24.4 Å². The fourth-order valence-electron chi connectivity index (χ4n) is 3.14. The summed E-state index contributed by atoms with van der Waals surface area (Å²) >= 11 is 0. The Kier molecular flexibility index (Phi) is 14.7. The number of carbonyl (C=O) groups is 4. The third-order valence-corrected chi connectivity index (χ3v) is 5.41. The number of aliphatic hydroxyl groups is 1. The minimum atomic E-state index is -1.11. The van der Waals surface area contributed by atoms with Crippen LogP contribution in [-0.2, 0) is 19.2 Å². The van der Waals surface area contributed by atoms with Crippen LogP contribution in [0.15, 0.2) is 4.99 Å². The minimum absolute atomic E-state index is 0.0830. The molecule has 0 spiro atoms. The van der Waals surface area contributed by atoms with Gasteiger partial charge in [-0.1, -0.05) is 34.1 Å². The molecular weight excluding hydrogens is 442 g/mol. The molecule has 6 atom stereocenters. The predicted molar refractivity (Wildman–Crippen MR) is 130 cm³/mol. The zero-order valence-corrected chi connectivity index (χ0v) is 20.9. The zero-order valence-electron chi connectivity index (χ0n) is 20.9. The second kappa shape index (κ2) is 16.0. The van der Waals surface area contributed by atoms with Crippen LogP contribution >= 0.6 is 0 Å². The molecule has 0 aliphatic rings. The molecule has 12 heteroatoms. The standard InChI is InChI=1S/C22H43N7O5/c1-6-13(4)18(21(34)28-17(11-30)14(5)31)29-20(33)16(8-7-9-26-22(24)25)27-19(32)15(23)10-12(2)3/h11-18,31H,6-10,23H2,1-5H3,(H,27,32)(H,28,34)(H,29,33)(H4,24,25,26)/t13-,14-,15-,16+,17+,18-/m0/s1. The number of nitrogens with two attached hydrogens (primary N) is 3. The van der Waals surface area contributed by atoms with Crippen LogP contribution in [-0.4, -0.2) is 71.9 Å². The van der Waals surface area contributed by atoms with Crippen LogP contribution in [0.2, 0.25) is 0 Å². The van der Waals surface area contributed by atoms with Crippen molar-refractivity contribution in [1.82, 2.24) is 16.0 Å². The van der Waals surface area contributed by atoms with Gasteiger partial charge in [-0.3, -0.25) is 19.4 Å². The van der Waals surface area contributed by atoms with Crippen molar-refractivity contribution in [3.05, 3.63) is 0 Å². The largest absolute Gasteiger partial charge is 0.391 e. The van der Waals surface area contributed by atoms with Crippen molar-refractivity contribution in [1.29, 1.82) is 0 Å². The molecule has 0 radical (unpaired) electrons. The van der Waals surface area contributed by atoms with E-state index in [4.69, 9.17) is 17.2 Å². The molecule has 0 rings (SSSR count). The fraction of sp³-hybridized carbons (Fsp3) is 0.773. The third-order valence-electron chi connectivity index (χ3n) is 5.41. The monoisotopic (exact) mass is 485 g/mol. The highest BCUT2D eigenvalue weighted by Crippen LogP contribution is 2.11. The summed E-state index contributed by atoms with van der Waals surface area (Å²) in [5, 5.41) is 17.5. The van der Waals surface area contributed by atoms with Crippen LogP contribution in [0.25, 0.3) is 0 Å². The molecule has 196 valence electrons. The summed E-state index contributed by atoms with van der Waals surface area (Å²) in [5.74, 6) is -1.84. The molecule has 0 aliphatic heterocycles. The molecule has 0 heterocycles. The maximum absolute atomic E-state index is 13.1. The summed E-state index contributed by atoms with van der Waals surface area (Å²) in [6.45, 7) is 9.11. The minimum Gasteiger partial charge on any atom is -0.391 e. The lowest BCUT2D eigenvalue weighted by atomic mass is 9.96. The van der Waals surface area contributed by atoms with E-state index in [0.717, 1.165) is 0 Å². The third kappa shape index (κ3) is 11.9. The summed E-state index contributed by atoms with van der Waals surface area (Å²) in [5.41, 5.74) is 16.6. The first-order valence-electron chi connectivity index (χ1n) is 11.7. The Morgan fingerprint density at radius 3 is 2.09 bits per heavy atom. The number of hydrogen-bond acceptors (Lipinski definition) is 7. The van der Waals surface area contributed by atoms with Gasteiger partial charge in [0.25, 0.3) is 0 Å². The van der Waals surface area contributed by atoms with Crippen LogP contribution in [0, 0.1) is 11.8 Å². The maximum Gasteiger partial charge on any atom is 0.243 e. The second-order valence-electron chi connectivity index (χ2n) is 9.03. The Balaban J connectivity index is 5.57. The first-order valence-corrected chi connectivity index (χ1v) is 11.7. The van der Waals surface area contributed by atoms with Crippen molar-refractivity contribution in [2.45, 2.75) is 90.6 Å². The van der Waals surface area contributed by atoms with Crippen molar-refractivity contribution in [2.24, 2.45) is 34.0 Å². The second-order valence-corrected chi connectivity index (χ2v) is 9.03. The van der Waals surface area contributed by atoms with E-state index in [1.54, 1.807) is 6.92 Å². The highest BCUT2D eigenvalue weighted by Gasteiger charge is 2.32. The van der Waals surface area contributed by atoms with Crippen molar-refractivity contribution < 1.29 is 24.3 Å². The van der Waals surface area contributed by atoms with E-state index in [1.165, 1.54) is 6.92 Å². The average molecular weight is 486 g/mol. The average Bonchev–Trinajstić information content (AvgIpc) is 2.75. The van der Waals surface area contributed by atoms with Gasteiger partial charge < -0.3 is 43.1 Å². The van der Waals surface area contributed by atoms with E-state index in [1.807, 2.05) is 20.8 Å². The van der Waals surface area contributed by atoms with Gasteiger partial charge in [0.15, 0.2) is 5.96 Å². The number of carbonyl (C=O) groups excluding carboxylic acids is 4. The van der Waals surface area contributed by atoms with Gasteiger partial charge >= 0.3 is 0 Å². The van der Waals surface area contributed by atoms with Crippen molar-refractivity contribution >= 4 is 30.0 Å². The van der Waals surface area contributed by atoms with Gasteiger partial charge in [0.2, 0.25) is 17.7 Å². The first-order chi connectivity index (χ1) is 15.8. The highest BCUT2D eigenvalue weighted by atomic mass is 16.3. The molecule has 0 aromatic carbocycles. The highest BCUT2D eigenvalue weighted by molar-refractivity contribution is 5.93. The number of nitrogens with one attached hydrogen (secondary N) is 3. The van der Waals surface area contributed by atoms with Crippen molar-refractivity contribution in [3.8, 4) is 0 Å². The van der Waals surface area contributed by atoms with Crippen LogP contribution in [0.4, 0.5) is 0 Å². The van der Waals surface area contributed by atoms with Crippen LogP contribution < -0.4 is 33.2 Å². The summed E-state index contributed by atoms with van der Waals surface area (Å²) in [6, 6.07) is -3.86. The quantitative estimate of drug-likeness (QED) is 0.0589. The lowest BCUT2D eigenvalue weighted by Crippen LogP contribution is -2.59. The number of aliphatic hydroxyl groups excluding tert-OH is 1. The summed E-state index contributed by atoms with van der Waals surface area (Å²) in [6.07, 6.45) is 0.937. The molecule has 12 nitrogen and oxygen atoms in total.